The van der Waals surface area contributed by atoms with Gasteiger partial charge in [-0.2, -0.15) is 0 Å². The standard InChI is InChI=1S/C12H9NO2/c14-12(11-3-1-2-4-11)15-9-10-5-7-13-8-6-10/h1-3,5-8H,9H2. The fourth-order valence-electron chi connectivity index (χ4n) is 1.16. The zero-order valence-corrected chi connectivity index (χ0v) is 8.01. The van der Waals surface area contributed by atoms with Gasteiger partial charge in [0.2, 0.25) is 0 Å². The number of esters is 1. The minimum atomic E-state index is -0.350. The summed E-state index contributed by atoms with van der Waals surface area (Å²) in [5.41, 5.74) is 4.17. The van der Waals surface area contributed by atoms with Crippen LogP contribution in [0.2, 0.25) is 0 Å². The van der Waals surface area contributed by atoms with Crippen LogP contribution < -0.4 is 0 Å². The average molecular weight is 199 g/mol. The second-order valence-electron chi connectivity index (χ2n) is 3.02. The van der Waals surface area contributed by atoms with Gasteiger partial charge in [-0.05, 0) is 29.8 Å². The average Bonchev–Trinajstić information content (AvgIpc) is 2.81. The minimum Gasteiger partial charge on any atom is -0.457 e. The van der Waals surface area contributed by atoms with Gasteiger partial charge in [-0.15, -0.1) is 5.73 Å². The van der Waals surface area contributed by atoms with Gasteiger partial charge in [0.05, 0.1) is 0 Å². The third kappa shape index (κ3) is 2.42. The third-order valence-corrected chi connectivity index (χ3v) is 1.94. The maximum atomic E-state index is 11.4. The molecule has 0 aromatic carbocycles. The molecule has 3 nitrogen and oxygen atoms in total. The number of ether oxygens (including phenoxy) is 1. The van der Waals surface area contributed by atoms with E-state index in [4.69, 9.17) is 4.74 Å². The first-order valence-corrected chi connectivity index (χ1v) is 4.55. The Morgan fingerprint density at radius 3 is 2.87 bits per heavy atom. The van der Waals surface area contributed by atoms with Crippen LogP contribution in [0.25, 0.3) is 0 Å². The number of pyridine rings is 1. The number of hydrogen-bond donors (Lipinski definition) is 0. The highest BCUT2D eigenvalue weighted by Gasteiger charge is 2.08. The van der Waals surface area contributed by atoms with Crippen LogP contribution in [0.4, 0.5) is 0 Å². The molecule has 0 spiro atoms. The van der Waals surface area contributed by atoms with E-state index in [1.807, 2.05) is 12.1 Å². The van der Waals surface area contributed by atoms with E-state index in [-0.39, 0.29) is 12.6 Å². The van der Waals surface area contributed by atoms with Crippen LogP contribution in [0.1, 0.15) is 5.56 Å². The molecule has 0 atom stereocenters. The predicted molar refractivity (Wildman–Crippen MR) is 54.8 cm³/mol. The van der Waals surface area contributed by atoms with Crippen LogP contribution in [0, 0.1) is 0 Å². The lowest BCUT2D eigenvalue weighted by Crippen LogP contribution is -2.05. The molecule has 0 saturated heterocycles. The van der Waals surface area contributed by atoms with E-state index >= 15 is 0 Å². The van der Waals surface area contributed by atoms with E-state index in [1.54, 1.807) is 30.6 Å². The van der Waals surface area contributed by atoms with Crippen molar-refractivity contribution in [1.29, 1.82) is 0 Å². The van der Waals surface area contributed by atoms with Gasteiger partial charge < -0.3 is 4.74 Å². The van der Waals surface area contributed by atoms with Crippen molar-refractivity contribution in [2.45, 2.75) is 6.61 Å². The quantitative estimate of drug-likeness (QED) is 0.550. The van der Waals surface area contributed by atoms with Gasteiger partial charge in [0.25, 0.3) is 0 Å². The first-order chi connectivity index (χ1) is 7.36. The Morgan fingerprint density at radius 1 is 1.40 bits per heavy atom. The van der Waals surface area contributed by atoms with E-state index in [9.17, 15) is 4.79 Å². The number of nitrogens with zero attached hydrogens (tertiary/aromatic N) is 1. The molecule has 0 bridgehead atoms. The summed E-state index contributed by atoms with van der Waals surface area (Å²) in [7, 11) is 0. The van der Waals surface area contributed by atoms with Gasteiger partial charge in [0.15, 0.2) is 0 Å². The second kappa shape index (κ2) is 4.40. The fraction of sp³-hybridized carbons (Fsp3) is 0.0833. The van der Waals surface area contributed by atoms with Gasteiger partial charge in [-0.1, -0.05) is 6.08 Å². The molecule has 0 aliphatic heterocycles. The van der Waals surface area contributed by atoms with E-state index in [0.29, 0.717) is 5.57 Å². The van der Waals surface area contributed by atoms with E-state index in [0.717, 1.165) is 5.56 Å². The highest BCUT2D eigenvalue weighted by molar-refractivity contribution is 5.92. The lowest BCUT2D eigenvalue weighted by molar-refractivity contribution is -0.139. The number of carbonyl (C=O) groups excluding carboxylic acids is 1. The molecule has 3 heteroatoms. The van der Waals surface area contributed by atoms with Gasteiger partial charge in [-0.25, -0.2) is 4.79 Å². The first kappa shape index (κ1) is 9.44. The number of rotatable bonds is 3. The molecule has 0 fully saturated rings. The van der Waals surface area contributed by atoms with E-state index < -0.39 is 0 Å². The van der Waals surface area contributed by atoms with Crippen LogP contribution >= 0.6 is 0 Å². The van der Waals surface area contributed by atoms with Crippen LogP contribution in [0.15, 0.2) is 54.1 Å². The van der Waals surface area contributed by atoms with Crippen molar-refractivity contribution in [3.8, 4) is 0 Å². The maximum absolute atomic E-state index is 11.4. The molecule has 0 N–H and O–H groups in total. The number of allylic oxidation sites excluding steroid dienone is 1. The summed E-state index contributed by atoms with van der Waals surface area (Å²) in [6.07, 6.45) is 8.44. The zero-order chi connectivity index (χ0) is 10.5. The summed E-state index contributed by atoms with van der Waals surface area (Å²) in [6, 6.07) is 3.62. The van der Waals surface area contributed by atoms with E-state index in [2.05, 4.69) is 10.7 Å². The highest BCUT2D eigenvalue weighted by Crippen LogP contribution is 2.06. The van der Waals surface area contributed by atoms with Crippen molar-refractivity contribution < 1.29 is 9.53 Å². The Hall–Kier alpha value is -2.12. The Morgan fingerprint density at radius 2 is 2.20 bits per heavy atom. The van der Waals surface area contributed by atoms with Gasteiger partial charge in [0, 0.05) is 12.4 Å². The Bertz CT molecular complexity index is 454. The van der Waals surface area contributed by atoms with Crippen molar-refractivity contribution in [2.24, 2.45) is 0 Å². The number of carbonyl (C=O) groups is 1. The smallest absolute Gasteiger partial charge is 0.346 e. The largest absolute Gasteiger partial charge is 0.457 e. The summed E-state index contributed by atoms with van der Waals surface area (Å²) in [4.78, 5) is 15.3. The molecule has 1 heterocycles. The van der Waals surface area contributed by atoms with E-state index in [1.165, 1.54) is 0 Å². The summed E-state index contributed by atoms with van der Waals surface area (Å²) in [5.74, 6) is -0.350. The Labute approximate surface area is 87.4 Å². The molecule has 2 rings (SSSR count). The molecule has 1 aliphatic carbocycles. The Kier molecular flexibility index (Phi) is 2.77. The van der Waals surface area contributed by atoms with Gasteiger partial charge >= 0.3 is 5.97 Å². The molecular weight excluding hydrogens is 190 g/mol. The van der Waals surface area contributed by atoms with Crippen molar-refractivity contribution in [3.63, 3.8) is 0 Å². The van der Waals surface area contributed by atoms with Crippen molar-refractivity contribution >= 4 is 5.97 Å². The predicted octanol–water partition coefficient (Wildman–Crippen LogP) is 1.78. The zero-order valence-electron chi connectivity index (χ0n) is 8.01. The molecule has 0 unspecified atom stereocenters. The summed E-state index contributed by atoms with van der Waals surface area (Å²) in [5, 5.41) is 0. The van der Waals surface area contributed by atoms with Crippen LogP contribution in [0.3, 0.4) is 0 Å². The first-order valence-electron chi connectivity index (χ1n) is 4.55. The molecule has 1 aromatic heterocycles. The molecule has 15 heavy (non-hydrogen) atoms. The summed E-state index contributed by atoms with van der Waals surface area (Å²) < 4.78 is 5.07. The van der Waals surface area contributed by atoms with Crippen LogP contribution in [0.5, 0.6) is 0 Å². The molecule has 0 amide bonds. The molecule has 0 radical (unpaired) electrons. The normalized spacial score (nSPS) is 12.7. The van der Waals surface area contributed by atoms with Crippen molar-refractivity contribution in [3.05, 3.63) is 59.6 Å². The molecule has 1 aromatic rings. The van der Waals surface area contributed by atoms with Crippen LogP contribution in [-0.2, 0) is 16.1 Å². The third-order valence-electron chi connectivity index (χ3n) is 1.94. The fourth-order valence-corrected chi connectivity index (χ4v) is 1.16. The van der Waals surface area contributed by atoms with Crippen molar-refractivity contribution in [1.82, 2.24) is 4.98 Å². The highest BCUT2D eigenvalue weighted by atomic mass is 16.5. The molecule has 0 saturated carbocycles. The summed E-state index contributed by atoms with van der Waals surface area (Å²) >= 11 is 0. The Balaban J connectivity index is 1.92. The lowest BCUT2D eigenvalue weighted by Gasteiger charge is -2.02. The monoisotopic (exact) mass is 199 g/mol. The lowest BCUT2D eigenvalue weighted by atomic mass is 10.3. The van der Waals surface area contributed by atoms with Gasteiger partial charge in [-0.3, -0.25) is 4.98 Å². The topological polar surface area (TPSA) is 39.2 Å². The summed E-state index contributed by atoms with van der Waals surface area (Å²) in [6.45, 7) is 0.264. The minimum absolute atomic E-state index is 0.264. The van der Waals surface area contributed by atoms with Gasteiger partial charge in [0.1, 0.15) is 12.2 Å². The molecular formula is C12H9NO2. The SMILES string of the molecule is O=C(OCc1ccncc1)C1=C=CC=C1. The maximum Gasteiger partial charge on any atom is 0.346 e. The number of aromatic nitrogens is 1. The number of hydrogen-bond acceptors (Lipinski definition) is 3. The van der Waals surface area contributed by atoms with Crippen molar-refractivity contribution in [2.75, 3.05) is 0 Å². The van der Waals surface area contributed by atoms with Crippen LogP contribution in [-0.4, -0.2) is 11.0 Å². The molecule has 1 aliphatic rings. The second-order valence-corrected chi connectivity index (χ2v) is 3.02. The molecule has 74 valence electrons.